The normalized spacial score (nSPS) is 12.5. The van der Waals surface area contributed by atoms with E-state index in [-0.39, 0.29) is 6.10 Å². The summed E-state index contributed by atoms with van der Waals surface area (Å²) in [6.07, 6.45) is 4.37. The zero-order valence-corrected chi connectivity index (χ0v) is 18.1. The second-order valence-corrected chi connectivity index (χ2v) is 7.23. The van der Waals surface area contributed by atoms with Crippen molar-refractivity contribution in [2.24, 2.45) is 4.99 Å². The third-order valence-corrected chi connectivity index (χ3v) is 4.88. The molecule has 3 rings (SSSR count). The molecule has 0 aliphatic rings. The number of aryl methyl sites for hydroxylation is 1. The average molecular weight is 407 g/mol. The Morgan fingerprint density at radius 3 is 2.57 bits per heavy atom. The van der Waals surface area contributed by atoms with Crippen molar-refractivity contribution >= 4 is 5.96 Å². The Labute approximate surface area is 178 Å². The summed E-state index contributed by atoms with van der Waals surface area (Å²) >= 11 is 0. The van der Waals surface area contributed by atoms with Crippen LogP contribution < -0.4 is 15.4 Å². The number of hydrogen-bond acceptors (Lipinski definition) is 4. The van der Waals surface area contributed by atoms with E-state index in [1.807, 2.05) is 12.1 Å². The van der Waals surface area contributed by atoms with Gasteiger partial charge >= 0.3 is 0 Å². The first-order valence-electron chi connectivity index (χ1n) is 10.2. The largest absolute Gasteiger partial charge is 0.490 e. The maximum atomic E-state index is 6.10. The van der Waals surface area contributed by atoms with E-state index in [0.29, 0.717) is 13.1 Å². The van der Waals surface area contributed by atoms with Gasteiger partial charge in [-0.25, -0.2) is 9.67 Å². The Kier molecular flexibility index (Phi) is 7.43. The summed E-state index contributed by atoms with van der Waals surface area (Å²) < 4.78 is 7.84. The second kappa shape index (κ2) is 10.4. The second-order valence-electron chi connectivity index (χ2n) is 7.23. The van der Waals surface area contributed by atoms with Crippen molar-refractivity contribution in [1.82, 2.24) is 25.4 Å². The number of benzene rings is 2. The molecule has 3 aromatic rings. The maximum absolute atomic E-state index is 6.10. The molecule has 1 atom stereocenters. The molecular formula is C23H30N6O. The maximum Gasteiger partial charge on any atom is 0.191 e. The fourth-order valence-electron chi connectivity index (χ4n) is 2.91. The van der Waals surface area contributed by atoms with Crippen molar-refractivity contribution in [3.8, 4) is 11.4 Å². The average Bonchev–Trinajstić information content (AvgIpc) is 3.30. The van der Waals surface area contributed by atoms with Crippen molar-refractivity contribution in [1.29, 1.82) is 0 Å². The lowest BCUT2D eigenvalue weighted by Gasteiger charge is -2.18. The van der Waals surface area contributed by atoms with Gasteiger partial charge in [0.1, 0.15) is 18.4 Å². The van der Waals surface area contributed by atoms with E-state index in [2.05, 4.69) is 76.8 Å². The van der Waals surface area contributed by atoms with E-state index in [1.54, 1.807) is 18.1 Å². The summed E-state index contributed by atoms with van der Waals surface area (Å²) in [7, 11) is 1.77. The van der Waals surface area contributed by atoms with E-state index in [0.717, 1.165) is 34.9 Å². The predicted octanol–water partition coefficient (Wildman–Crippen LogP) is 3.62. The SMILES string of the molecule is CCC(C)Oc1cc(C)ccc1CNC(=NC)NCc1ccc(-n2cncn2)cc1. The lowest BCUT2D eigenvalue weighted by Crippen LogP contribution is -2.36. The number of aliphatic imine (C=N–C) groups is 1. The van der Waals surface area contributed by atoms with Crippen LogP contribution in [-0.4, -0.2) is 33.9 Å². The number of guanidine groups is 1. The van der Waals surface area contributed by atoms with E-state index in [1.165, 1.54) is 11.9 Å². The molecule has 1 unspecified atom stereocenters. The topological polar surface area (TPSA) is 76.4 Å². The third kappa shape index (κ3) is 5.83. The predicted molar refractivity (Wildman–Crippen MR) is 120 cm³/mol. The summed E-state index contributed by atoms with van der Waals surface area (Å²) in [5, 5.41) is 10.9. The van der Waals surface area contributed by atoms with Crippen LogP contribution in [0, 0.1) is 6.92 Å². The monoisotopic (exact) mass is 406 g/mol. The van der Waals surface area contributed by atoms with Gasteiger partial charge in [0.05, 0.1) is 11.8 Å². The fraction of sp³-hybridized carbons (Fsp3) is 0.348. The van der Waals surface area contributed by atoms with Gasteiger partial charge in [-0.2, -0.15) is 5.10 Å². The smallest absolute Gasteiger partial charge is 0.191 e. The Morgan fingerprint density at radius 2 is 1.90 bits per heavy atom. The van der Waals surface area contributed by atoms with Gasteiger partial charge in [0, 0.05) is 25.7 Å². The molecule has 0 spiro atoms. The van der Waals surface area contributed by atoms with Crippen LogP contribution in [0.25, 0.3) is 5.69 Å². The highest BCUT2D eigenvalue weighted by molar-refractivity contribution is 5.79. The van der Waals surface area contributed by atoms with Crippen molar-refractivity contribution in [3.05, 3.63) is 71.8 Å². The molecular weight excluding hydrogens is 376 g/mol. The number of hydrogen-bond donors (Lipinski definition) is 2. The van der Waals surface area contributed by atoms with Crippen LogP contribution in [0.1, 0.15) is 37.0 Å². The van der Waals surface area contributed by atoms with E-state index >= 15 is 0 Å². The molecule has 1 aromatic heterocycles. The van der Waals surface area contributed by atoms with Gasteiger partial charge in [0.15, 0.2) is 5.96 Å². The van der Waals surface area contributed by atoms with Crippen LogP contribution >= 0.6 is 0 Å². The molecule has 0 radical (unpaired) electrons. The molecule has 0 saturated carbocycles. The fourth-order valence-corrected chi connectivity index (χ4v) is 2.91. The first-order valence-corrected chi connectivity index (χ1v) is 10.2. The Balaban J connectivity index is 1.56. The van der Waals surface area contributed by atoms with Crippen LogP contribution in [0.2, 0.25) is 0 Å². The Hall–Kier alpha value is -3.35. The summed E-state index contributed by atoms with van der Waals surface area (Å²) in [5.41, 5.74) is 4.43. The molecule has 7 heteroatoms. The molecule has 0 aliphatic heterocycles. The summed E-state index contributed by atoms with van der Waals surface area (Å²) in [4.78, 5) is 8.31. The number of aromatic nitrogens is 3. The minimum atomic E-state index is 0.184. The van der Waals surface area contributed by atoms with Gasteiger partial charge in [-0.15, -0.1) is 0 Å². The molecule has 7 nitrogen and oxygen atoms in total. The van der Waals surface area contributed by atoms with Gasteiger partial charge in [-0.3, -0.25) is 4.99 Å². The zero-order valence-electron chi connectivity index (χ0n) is 18.1. The highest BCUT2D eigenvalue weighted by atomic mass is 16.5. The Morgan fingerprint density at radius 1 is 1.13 bits per heavy atom. The number of nitrogens with zero attached hydrogens (tertiary/aromatic N) is 4. The first-order chi connectivity index (χ1) is 14.6. The minimum Gasteiger partial charge on any atom is -0.490 e. The van der Waals surface area contributed by atoms with Crippen molar-refractivity contribution in [3.63, 3.8) is 0 Å². The number of rotatable bonds is 8. The molecule has 0 amide bonds. The van der Waals surface area contributed by atoms with Crippen LogP contribution in [0.15, 0.2) is 60.1 Å². The van der Waals surface area contributed by atoms with Crippen LogP contribution in [-0.2, 0) is 13.1 Å². The molecule has 0 saturated heterocycles. The minimum absolute atomic E-state index is 0.184. The van der Waals surface area contributed by atoms with Gasteiger partial charge in [0.25, 0.3) is 0 Å². The highest BCUT2D eigenvalue weighted by Crippen LogP contribution is 2.22. The van der Waals surface area contributed by atoms with E-state index < -0.39 is 0 Å². The van der Waals surface area contributed by atoms with Crippen LogP contribution in [0.5, 0.6) is 5.75 Å². The van der Waals surface area contributed by atoms with Crippen molar-refractivity contribution in [2.75, 3.05) is 7.05 Å². The molecule has 30 heavy (non-hydrogen) atoms. The molecule has 0 aliphatic carbocycles. The van der Waals surface area contributed by atoms with Gasteiger partial charge in [-0.1, -0.05) is 31.2 Å². The molecule has 1 heterocycles. The highest BCUT2D eigenvalue weighted by Gasteiger charge is 2.09. The summed E-state index contributed by atoms with van der Waals surface area (Å²) in [5.74, 6) is 1.67. The molecule has 0 fully saturated rings. The number of ether oxygens (including phenoxy) is 1. The standard InChI is InChI=1S/C23H30N6O/c1-5-18(3)30-22-12-17(2)6-9-20(22)14-27-23(24-4)26-13-19-7-10-21(11-8-19)29-16-25-15-28-29/h6-12,15-16,18H,5,13-14H2,1-4H3,(H2,24,26,27). The third-order valence-electron chi connectivity index (χ3n) is 4.88. The zero-order chi connectivity index (χ0) is 21.3. The quantitative estimate of drug-likeness (QED) is 0.441. The van der Waals surface area contributed by atoms with E-state index in [4.69, 9.17) is 4.74 Å². The first kappa shape index (κ1) is 21.4. The Bertz CT molecular complexity index is 950. The van der Waals surface area contributed by atoms with Gasteiger partial charge in [0.2, 0.25) is 0 Å². The number of nitrogens with one attached hydrogen (secondary N) is 2. The van der Waals surface area contributed by atoms with Crippen LogP contribution in [0.4, 0.5) is 0 Å². The lowest BCUT2D eigenvalue weighted by atomic mass is 10.1. The van der Waals surface area contributed by atoms with Gasteiger partial charge in [-0.05, 0) is 49.6 Å². The lowest BCUT2D eigenvalue weighted by molar-refractivity contribution is 0.215. The van der Waals surface area contributed by atoms with Gasteiger partial charge < -0.3 is 15.4 Å². The summed E-state index contributed by atoms with van der Waals surface area (Å²) in [6, 6.07) is 14.5. The van der Waals surface area contributed by atoms with E-state index in [9.17, 15) is 0 Å². The molecule has 2 aromatic carbocycles. The molecule has 158 valence electrons. The van der Waals surface area contributed by atoms with Crippen molar-refractivity contribution < 1.29 is 4.74 Å². The van der Waals surface area contributed by atoms with Crippen molar-refractivity contribution in [2.45, 2.75) is 46.4 Å². The summed E-state index contributed by atoms with van der Waals surface area (Å²) in [6.45, 7) is 7.60. The van der Waals surface area contributed by atoms with Crippen LogP contribution in [0.3, 0.4) is 0 Å². The molecule has 0 bridgehead atoms. The molecule has 2 N–H and O–H groups in total.